The molecule has 0 radical (unpaired) electrons. The predicted octanol–water partition coefficient (Wildman–Crippen LogP) is 3.15. The molecule has 246 valence electrons. The van der Waals surface area contributed by atoms with E-state index in [0.29, 0.717) is 19.6 Å². The number of carbonyl (C=O) groups is 7. The van der Waals surface area contributed by atoms with Crippen molar-refractivity contribution in [1.29, 1.82) is 0 Å². The number of nitrogens with one attached hydrogen (secondary N) is 1. The largest absolute Gasteiger partial charge is 0.481 e. The Labute approximate surface area is 254 Å². The van der Waals surface area contributed by atoms with Gasteiger partial charge in [-0.25, -0.2) is 4.79 Å². The first-order valence-corrected chi connectivity index (χ1v) is 13.3. The lowest BCUT2D eigenvalue weighted by molar-refractivity contribution is -0.149. The van der Waals surface area contributed by atoms with Gasteiger partial charge in [0.1, 0.15) is 29.7 Å². The standard InChI is InChI=1S/C9H11NO2.2C7H12O3.C4H9NO.C3H7NO/c1-10-9(11)12-7-8-5-3-2-4-6-8;1-5(8)7(2,3)4-6(9)10;1-5(8)4-7(2,3)6(9)10;1-4(6)2-3-5;1-3(5)2-4/h2-6H,7H2,1H3,(H,10,11);2*4H2,1-3H3,(H,9,10);2-3,5H2,1H3;2,4H2,1H3. The smallest absolute Gasteiger partial charge is 0.407 e. The number of ether oxygens (including phenoxy) is 1. The second kappa shape index (κ2) is 25.7. The van der Waals surface area contributed by atoms with Crippen molar-refractivity contribution in [3.8, 4) is 0 Å². The van der Waals surface area contributed by atoms with Crippen molar-refractivity contribution in [2.24, 2.45) is 22.3 Å². The number of ketones is 4. The van der Waals surface area contributed by atoms with Crippen LogP contribution in [-0.2, 0) is 40.1 Å². The van der Waals surface area contributed by atoms with Gasteiger partial charge in [0.15, 0.2) is 0 Å². The van der Waals surface area contributed by atoms with Crippen LogP contribution < -0.4 is 16.8 Å². The van der Waals surface area contributed by atoms with Gasteiger partial charge in [-0.05, 0) is 53.7 Å². The summed E-state index contributed by atoms with van der Waals surface area (Å²) >= 11 is 0. The third-order valence-corrected chi connectivity index (χ3v) is 5.02. The average Bonchev–Trinajstić information content (AvgIpc) is 2.87. The molecule has 7 N–H and O–H groups in total. The zero-order chi connectivity index (χ0) is 34.8. The predicted molar refractivity (Wildman–Crippen MR) is 163 cm³/mol. The zero-order valence-corrected chi connectivity index (χ0v) is 26.9. The van der Waals surface area contributed by atoms with Crippen LogP contribution >= 0.6 is 0 Å². The van der Waals surface area contributed by atoms with E-state index in [-0.39, 0.29) is 42.5 Å². The number of nitrogens with two attached hydrogens (primary N) is 2. The van der Waals surface area contributed by atoms with Crippen LogP contribution in [0.25, 0.3) is 0 Å². The van der Waals surface area contributed by atoms with Gasteiger partial charge < -0.3 is 31.7 Å². The summed E-state index contributed by atoms with van der Waals surface area (Å²) in [5, 5.41) is 19.3. The van der Waals surface area contributed by atoms with E-state index < -0.39 is 28.9 Å². The fourth-order valence-electron chi connectivity index (χ4n) is 2.20. The van der Waals surface area contributed by atoms with Crippen molar-refractivity contribution in [2.45, 2.75) is 81.3 Å². The Morgan fingerprint density at radius 3 is 1.44 bits per heavy atom. The monoisotopic (exact) mass is 613 g/mol. The van der Waals surface area contributed by atoms with Gasteiger partial charge in [-0.2, -0.15) is 0 Å². The first-order chi connectivity index (χ1) is 19.6. The maximum atomic E-state index is 10.7. The number of hydrogen-bond acceptors (Lipinski definition) is 10. The number of carboxylic acid groups (broad SMARTS) is 2. The number of carbonyl (C=O) groups excluding carboxylic acids is 5. The fraction of sp³-hybridized carbons (Fsp3) is 0.567. The van der Waals surface area contributed by atoms with Gasteiger partial charge in [0.2, 0.25) is 0 Å². The highest BCUT2D eigenvalue weighted by atomic mass is 16.5. The lowest BCUT2D eigenvalue weighted by Crippen LogP contribution is -2.25. The van der Waals surface area contributed by atoms with Crippen LogP contribution in [0.1, 0.15) is 80.2 Å². The Kier molecular flexibility index (Phi) is 27.5. The van der Waals surface area contributed by atoms with E-state index in [1.807, 2.05) is 30.3 Å². The van der Waals surface area contributed by atoms with Crippen molar-refractivity contribution < 1.29 is 48.5 Å². The number of carboxylic acids is 2. The molecule has 1 amide bonds. The molecule has 0 aliphatic carbocycles. The second-order valence-electron chi connectivity index (χ2n) is 10.5. The molecule has 0 bridgehead atoms. The van der Waals surface area contributed by atoms with Gasteiger partial charge in [-0.15, -0.1) is 0 Å². The number of alkyl carbamates (subject to hydrolysis) is 1. The minimum Gasteiger partial charge on any atom is -0.481 e. The highest BCUT2D eigenvalue weighted by Crippen LogP contribution is 2.21. The molecule has 0 saturated heterocycles. The van der Waals surface area contributed by atoms with E-state index in [4.69, 9.17) is 26.4 Å². The number of benzene rings is 1. The first kappa shape index (κ1) is 46.0. The number of amides is 1. The van der Waals surface area contributed by atoms with E-state index >= 15 is 0 Å². The quantitative estimate of drug-likeness (QED) is 0.242. The molecule has 0 fully saturated rings. The van der Waals surface area contributed by atoms with Crippen molar-refractivity contribution in [3.63, 3.8) is 0 Å². The summed E-state index contributed by atoms with van der Waals surface area (Å²) in [6.07, 6.45) is 0.115. The third-order valence-electron chi connectivity index (χ3n) is 5.02. The topological polar surface area (TPSA) is 233 Å². The minimum atomic E-state index is -0.930. The van der Waals surface area contributed by atoms with Gasteiger partial charge in [-0.1, -0.05) is 44.2 Å². The van der Waals surface area contributed by atoms with E-state index in [1.165, 1.54) is 48.6 Å². The Morgan fingerprint density at radius 1 is 0.767 bits per heavy atom. The SMILES string of the molecule is CC(=O)C(C)(C)CC(=O)O.CC(=O)CC(C)(C)C(=O)O.CC(=O)CCN.CC(=O)CN.CNC(=O)OCc1ccccc1. The summed E-state index contributed by atoms with van der Waals surface area (Å²) in [7, 11) is 1.54. The molecule has 0 aliphatic rings. The molecule has 1 aromatic carbocycles. The van der Waals surface area contributed by atoms with Crippen LogP contribution in [-0.4, -0.2) is 71.5 Å². The van der Waals surface area contributed by atoms with E-state index in [2.05, 4.69) is 5.32 Å². The molecule has 43 heavy (non-hydrogen) atoms. The molecule has 0 atom stereocenters. The molecule has 0 aromatic heterocycles. The van der Waals surface area contributed by atoms with E-state index in [0.717, 1.165) is 5.56 Å². The van der Waals surface area contributed by atoms with E-state index in [1.54, 1.807) is 13.8 Å². The summed E-state index contributed by atoms with van der Waals surface area (Å²) < 4.78 is 4.83. The molecule has 0 spiro atoms. The molecule has 0 saturated carbocycles. The summed E-state index contributed by atoms with van der Waals surface area (Å²) in [5.74, 6) is -1.84. The van der Waals surface area contributed by atoms with Gasteiger partial charge in [-0.3, -0.25) is 28.8 Å². The number of Topliss-reactive ketones (excluding diaryl/α,β-unsaturated/α-hetero) is 4. The highest BCUT2D eigenvalue weighted by Gasteiger charge is 2.28. The summed E-state index contributed by atoms with van der Waals surface area (Å²) in [6, 6.07) is 9.54. The third kappa shape index (κ3) is 34.1. The minimum absolute atomic E-state index is 0.0324. The Morgan fingerprint density at radius 2 is 1.23 bits per heavy atom. The van der Waals surface area contributed by atoms with Gasteiger partial charge in [0.25, 0.3) is 0 Å². The molecular formula is C30H51N3O10. The normalized spacial score (nSPS) is 9.74. The molecule has 13 nitrogen and oxygen atoms in total. The van der Waals surface area contributed by atoms with Crippen LogP contribution in [0.4, 0.5) is 4.79 Å². The van der Waals surface area contributed by atoms with Crippen LogP contribution in [0.5, 0.6) is 0 Å². The van der Waals surface area contributed by atoms with Crippen molar-refractivity contribution in [1.82, 2.24) is 5.32 Å². The fourth-order valence-corrected chi connectivity index (χ4v) is 2.20. The molecule has 13 heteroatoms. The summed E-state index contributed by atoms with van der Waals surface area (Å²) in [5.41, 5.74) is 9.19. The molecule has 1 rings (SSSR count). The highest BCUT2D eigenvalue weighted by molar-refractivity contribution is 5.86. The summed E-state index contributed by atoms with van der Waals surface area (Å²) in [4.78, 5) is 72.1. The van der Waals surface area contributed by atoms with Crippen molar-refractivity contribution >= 4 is 41.2 Å². The van der Waals surface area contributed by atoms with Gasteiger partial charge in [0.05, 0.1) is 18.4 Å². The molecular weight excluding hydrogens is 562 g/mol. The molecule has 0 unspecified atom stereocenters. The maximum absolute atomic E-state index is 10.7. The van der Waals surface area contributed by atoms with Crippen molar-refractivity contribution in [2.75, 3.05) is 20.1 Å². The van der Waals surface area contributed by atoms with Crippen LogP contribution in [0.15, 0.2) is 30.3 Å². The van der Waals surface area contributed by atoms with Crippen molar-refractivity contribution in [3.05, 3.63) is 35.9 Å². The van der Waals surface area contributed by atoms with Crippen LogP contribution in [0, 0.1) is 10.8 Å². The number of hydrogen-bond donors (Lipinski definition) is 5. The Balaban J connectivity index is -0.000000229. The zero-order valence-electron chi connectivity index (χ0n) is 26.9. The molecule has 0 aliphatic heterocycles. The Hall–Kier alpha value is -3.97. The summed E-state index contributed by atoms with van der Waals surface area (Å²) in [6.45, 7) is 13.1. The van der Waals surface area contributed by atoms with Gasteiger partial charge >= 0.3 is 18.0 Å². The Bertz CT molecular complexity index is 969. The first-order valence-electron chi connectivity index (χ1n) is 13.3. The van der Waals surface area contributed by atoms with Crippen LogP contribution in [0.2, 0.25) is 0 Å². The number of rotatable bonds is 11. The van der Waals surface area contributed by atoms with Crippen LogP contribution in [0.3, 0.4) is 0 Å². The average molecular weight is 614 g/mol. The lowest BCUT2D eigenvalue weighted by Gasteiger charge is -2.17. The molecule has 0 heterocycles. The second-order valence-corrected chi connectivity index (χ2v) is 10.5. The van der Waals surface area contributed by atoms with E-state index in [9.17, 15) is 33.6 Å². The lowest BCUT2D eigenvalue weighted by atomic mass is 9.85. The number of aliphatic carboxylic acids is 2. The molecule has 1 aromatic rings. The maximum Gasteiger partial charge on any atom is 0.407 e. The van der Waals surface area contributed by atoms with Gasteiger partial charge in [0, 0.05) is 25.3 Å².